The predicted molar refractivity (Wildman–Crippen MR) is 73.4 cm³/mol. The van der Waals surface area contributed by atoms with Gasteiger partial charge in [-0.05, 0) is 24.6 Å². The Hall–Kier alpha value is -1.11. The van der Waals surface area contributed by atoms with Crippen molar-refractivity contribution in [3.63, 3.8) is 0 Å². The Morgan fingerprint density at radius 2 is 2.22 bits per heavy atom. The van der Waals surface area contributed by atoms with Crippen LogP contribution < -0.4 is 11.1 Å². The van der Waals surface area contributed by atoms with Gasteiger partial charge in [-0.15, -0.1) is 0 Å². The predicted octanol–water partition coefficient (Wildman–Crippen LogP) is 1.16. The number of rotatable bonds is 7. The maximum atomic E-state index is 11.8. The fourth-order valence-corrected chi connectivity index (χ4v) is 1.72. The molecule has 1 amide bonds. The van der Waals surface area contributed by atoms with Gasteiger partial charge in [0, 0.05) is 23.3 Å². The summed E-state index contributed by atoms with van der Waals surface area (Å²) >= 11 is 3.30. The topological polar surface area (TPSA) is 84.6 Å². The summed E-state index contributed by atoms with van der Waals surface area (Å²) in [4.78, 5) is 11.8. The van der Waals surface area contributed by atoms with E-state index in [4.69, 9.17) is 15.6 Å². The monoisotopic (exact) mass is 316 g/mol. The van der Waals surface area contributed by atoms with Crippen LogP contribution in [0.5, 0.6) is 0 Å². The van der Waals surface area contributed by atoms with Crippen LogP contribution >= 0.6 is 15.9 Å². The van der Waals surface area contributed by atoms with Crippen molar-refractivity contribution in [3.8, 4) is 0 Å². The summed E-state index contributed by atoms with van der Waals surface area (Å²) in [6.07, 6.45) is 0.694. The smallest absolute Gasteiger partial charge is 0.253 e. The lowest BCUT2D eigenvalue weighted by Crippen LogP contribution is -2.26. The fraction of sp³-hybridized carbons (Fsp3) is 0.417. The molecule has 4 N–H and O–H groups in total. The number of nitrogens with one attached hydrogen (secondary N) is 1. The van der Waals surface area contributed by atoms with Crippen LogP contribution in [0.1, 0.15) is 16.8 Å². The van der Waals surface area contributed by atoms with Crippen molar-refractivity contribution in [2.75, 3.05) is 32.1 Å². The number of aliphatic hydroxyl groups excluding tert-OH is 1. The Kier molecular flexibility index (Phi) is 6.70. The van der Waals surface area contributed by atoms with E-state index in [9.17, 15) is 4.79 Å². The van der Waals surface area contributed by atoms with Gasteiger partial charge < -0.3 is 20.9 Å². The molecule has 0 aliphatic carbocycles. The Balaban J connectivity index is 2.34. The van der Waals surface area contributed by atoms with E-state index in [0.29, 0.717) is 37.4 Å². The first-order chi connectivity index (χ1) is 8.65. The van der Waals surface area contributed by atoms with E-state index < -0.39 is 0 Å². The summed E-state index contributed by atoms with van der Waals surface area (Å²) < 4.78 is 5.89. The van der Waals surface area contributed by atoms with Gasteiger partial charge in [0.2, 0.25) is 0 Å². The van der Waals surface area contributed by atoms with Gasteiger partial charge >= 0.3 is 0 Å². The van der Waals surface area contributed by atoms with Crippen molar-refractivity contribution in [2.24, 2.45) is 0 Å². The van der Waals surface area contributed by atoms with Gasteiger partial charge in [0.25, 0.3) is 5.91 Å². The minimum absolute atomic E-state index is 0.0148. The van der Waals surface area contributed by atoms with Gasteiger partial charge in [0.1, 0.15) is 0 Å². The SMILES string of the molecule is Nc1ccc(Br)cc1C(=O)NCCCOCCO. The molecule has 100 valence electrons. The minimum atomic E-state index is -0.198. The molecular weight excluding hydrogens is 300 g/mol. The first-order valence-electron chi connectivity index (χ1n) is 5.67. The summed E-state index contributed by atoms with van der Waals surface area (Å²) in [5.74, 6) is -0.198. The van der Waals surface area contributed by atoms with Crippen molar-refractivity contribution >= 4 is 27.5 Å². The number of ether oxygens (including phenoxy) is 1. The lowest BCUT2D eigenvalue weighted by Gasteiger charge is -2.08. The Morgan fingerprint density at radius 3 is 2.94 bits per heavy atom. The second kappa shape index (κ2) is 8.07. The number of aliphatic hydroxyl groups is 1. The number of halogens is 1. The number of nitrogen functional groups attached to an aromatic ring is 1. The molecule has 18 heavy (non-hydrogen) atoms. The van der Waals surface area contributed by atoms with Gasteiger partial charge in [-0.1, -0.05) is 15.9 Å². The zero-order chi connectivity index (χ0) is 13.4. The average molecular weight is 317 g/mol. The van der Waals surface area contributed by atoms with Crippen molar-refractivity contribution in [1.82, 2.24) is 5.32 Å². The summed E-state index contributed by atoms with van der Waals surface area (Å²) in [6.45, 7) is 1.36. The fourth-order valence-electron chi connectivity index (χ4n) is 1.36. The molecule has 0 aliphatic rings. The zero-order valence-electron chi connectivity index (χ0n) is 9.99. The third kappa shape index (κ3) is 5.03. The van der Waals surface area contributed by atoms with Gasteiger partial charge in [0.05, 0.1) is 18.8 Å². The molecule has 0 heterocycles. The van der Waals surface area contributed by atoms with E-state index in [1.54, 1.807) is 18.2 Å². The first-order valence-corrected chi connectivity index (χ1v) is 6.46. The lowest BCUT2D eigenvalue weighted by atomic mass is 10.1. The molecular formula is C12H17BrN2O3. The number of benzene rings is 1. The summed E-state index contributed by atoms with van der Waals surface area (Å²) in [7, 11) is 0. The van der Waals surface area contributed by atoms with Crippen molar-refractivity contribution in [2.45, 2.75) is 6.42 Å². The molecule has 1 aromatic rings. The highest BCUT2D eigenvalue weighted by atomic mass is 79.9. The van der Waals surface area contributed by atoms with Crippen molar-refractivity contribution in [3.05, 3.63) is 28.2 Å². The third-order valence-electron chi connectivity index (χ3n) is 2.25. The van der Waals surface area contributed by atoms with E-state index in [1.807, 2.05) is 0 Å². The average Bonchev–Trinajstić information content (AvgIpc) is 2.36. The van der Waals surface area contributed by atoms with Gasteiger partial charge in [-0.2, -0.15) is 0 Å². The summed E-state index contributed by atoms with van der Waals surface area (Å²) in [6, 6.07) is 5.16. The number of amides is 1. The number of hydrogen-bond donors (Lipinski definition) is 3. The number of nitrogens with two attached hydrogens (primary N) is 1. The third-order valence-corrected chi connectivity index (χ3v) is 2.74. The molecule has 0 fully saturated rings. The number of carbonyl (C=O) groups is 1. The largest absolute Gasteiger partial charge is 0.398 e. The quantitative estimate of drug-likeness (QED) is 0.520. The van der Waals surface area contributed by atoms with E-state index >= 15 is 0 Å². The molecule has 0 saturated carbocycles. The standard InChI is InChI=1S/C12H17BrN2O3/c13-9-2-3-11(14)10(8-9)12(17)15-4-1-6-18-7-5-16/h2-3,8,16H,1,4-7,14H2,(H,15,17). The summed E-state index contributed by atoms with van der Waals surface area (Å²) in [5.41, 5.74) is 6.64. The lowest BCUT2D eigenvalue weighted by molar-refractivity contribution is 0.0868. The highest BCUT2D eigenvalue weighted by Crippen LogP contribution is 2.18. The van der Waals surface area contributed by atoms with E-state index in [0.717, 1.165) is 4.47 Å². The molecule has 0 atom stereocenters. The maximum absolute atomic E-state index is 11.8. The van der Waals surface area contributed by atoms with Gasteiger partial charge in [-0.25, -0.2) is 0 Å². The molecule has 0 saturated heterocycles. The van der Waals surface area contributed by atoms with Crippen LogP contribution in [-0.2, 0) is 4.74 Å². The van der Waals surface area contributed by atoms with Gasteiger partial charge in [0.15, 0.2) is 0 Å². The van der Waals surface area contributed by atoms with E-state index in [1.165, 1.54) is 0 Å². The Morgan fingerprint density at radius 1 is 1.44 bits per heavy atom. The van der Waals surface area contributed by atoms with Crippen LogP contribution in [0.2, 0.25) is 0 Å². The van der Waals surface area contributed by atoms with Crippen LogP contribution in [0.25, 0.3) is 0 Å². The molecule has 0 aromatic heterocycles. The Labute approximate surface area is 114 Å². The van der Waals surface area contributed by atoms with Gasteiger partial charge in [-0.3, -0.25) is 4.79 Å². The van der Waals surface area contributed by atoms with Crippen LogP contribution in [0.4, 0.5) is 5.69 Å². The van der Waals surface area contributed by atoms with Crippen molar-refractivity contribution in [1.29, 1.82) is 0 Å². The second-order valence-electron chi connectivity index (χ2n) is 3.68. The van der Waals surface area contributed by atoms with Crippen LogP contribution in [0.3, 0.4) is 0 Å². The first kappa shape index (κ1) is 14.9. The Bertz CT molecular complexity index is 399. The number of hydrogen-bond acceptors (Lipinski definition) is 4. The highest BCUT2D eigenvalue weighted by Gasteiger charge is 2.09. The summed E-state index contributed by atoms with van der Waals surface area (Å²) in [5, 5.41) is 11.3. The van der Waals surface area contributed by atoms with Crippen molar-refractivity contribution < 1.29 is 14.6 Å². The second-order valence-corrected chi connectivity index (χ2v) is 4.59. The molecule has 0 aliphatic heterocycles. The molecule has 6 heteroatoms. The molecule has 5 nitrogen and oxygen atoms in total. The van der Waals surface area contributed by atoms with Crippen LogP contribution in [0, 0.1) is 0 Å². The molecule has 1 aromatic carbocycles. The van der Waals surface area contributed by atoms with E-state index in [2.05, 4.69) is 21.2 Å². The highest BCUT2D eigenvalue weighted by molar-refractivity contribution is 9.10. The maximum Gasteiger partial charge on any atom is 0.253 e. The van der Waals surface area contributed by atoms with Crippen LogP contribution in [-0.4, -0.2) is 37.4 Å². The molecule has 0 spiro atoms. The number of carbonyl (C=O) groups excluding carboxylic acids is 1. The number of anilines is 1. The minimum Gasteiger partial charge on any atom is -0.398 e. The molecule has 1 rings (SSSR count). The zero-order valence-corrected chi connectivity index (χ0v) is 11.6. The van der Waals surface area contributed by atoms with Crippen LogP contribution in [0.15, 0.2) is 22.7 Å². The molecule has 0 bridgehead atoms. The molecule has 0 radical (unpaired) electrons. The normalized spacial score (nSPS) is 10.3. The van der Waals surface area contributed by atoms with E-state index in [-0.39, 0.29) is 12.5 Å². The molecule has 0 unspecified atom stereocenters.